The van der Waals surface area contributed by atoms with Crippen LogP contribution in [-0.4, -0.2) is 65.7 Å². The molecular weight excluding hydrogens is 558 g/mol. The van der Waals surface area contributed by atoms with E-state index in [1.54, 1.807) is 18.2 Å². The number of fused-ring (bicyclic) bond motifs is 3. The average Bonchev–Trinajstić information content (AvgIpc) is 3.75. The fourth-order valence-corrected chi connectivity index (χ4v) is 6.64. The second-order valence-corrected chi connectivity index (χ2v) is 11.6. The summed E-state index contributed by atoms with van der Waals surface area (Å²) in [5, 5.41) is 8.82. The highest BCUT2D eigenvalue weighted by atomic mass is 32.2. The van der Waals surface area contributed by atoms with E-state index >= 15 is 0 Å². The van der Waals surface area contributed by atoms with Crippen LogP contribution in [0.1, 0.15) is 33.7 Å². The van der Waals surface area contributed by atoms with Crippen molar-refractivity contribution in [1.82, 2.24) is 25.8 Å². The zero-order valence-electron chi connectivity index (χ0n) is 22.6. The second-order valence-electron chi connectivity index (χ2n) is 10.5. The molecule has 1 aromatic heterocycles. The number of aromatic nitrogens is 1. The number of rotatable bonds is 6. The number of nitrogens with one attached hydrogen (secondary N) is 4. The van der Waals surface area contributed by atoms with Crippen molar-refractivity contribution in [2.45, 2.75) is 41.1 Å². The number of para-hydroxylation sites is 1. The number of nitrogens with zero attached hydrogens (tertiary/aromatic N) is 1. The lowest BCUT2D eigenvalue weighted by Gasteiger charge is -2.24. The van der Waals surface area contributed by atoms with E-state index in [0.717, 1.165) is 39.0 Å². The van der Waals surface area contributed by atoms with Gasteiger partial charge in [0.15, 0.2) is 5.79 Å². The Labute approximate surface area is 246 Å². The minimum atomic E-state index is -1.02. The molecule has 3 aromatic rings. The molecule has 42 heavy (non-hydrogen) atoms. The van der Waals surface area contributed by atoms with Gasteiger partial charge >= 0.3 is 0 Å². The highest BCUT2D eigenvalue weighted by molar-refractivity contribution is 7.99. The Morgan fingerprint density at radius 1 is 1.02 bits per heavy atom. The molecule has 0 bridgehead atoms. The van der Waals surface area contributed by atoms with Crippen LogP contribution in [0, 0.1) is 0 Å². The van der Waals surface area contributed by atoms with Crippen LogP contribution < -0.4 is 20.7 Å². The minimum absolute atomic E-state index is 0.110. The van der Waals surface area contributed by atoms with Gasteiger partial charge in [-0.25, -0.2) is 0 Å². The number of hydrogen-bond acceptors (Lipinski definition) is 8. The number of carbonyl (C=O) groups is 3. The predicted molar refractivity (Wildman–Crippen MR) is 153 cm³/mol. The molecule has 3 amide bonds. The van der Waals surface area contributed by atoms with E-state index in [4.69, 9.17) is 14.2 Å². The van der Waals surface area contributed by atoms with E-state index in [0.29, 0.717) is 24.5 Å². The topological polar surface area (TPSA) is 134 Å². The van der Waals surface area contributed by atoms with Gasteiger partial charge in [-0.15, -0.1) is 0 Å². The number of hydrogen-bond donors (Lipinski definition) is 4. The van der Waals surface area contributed by atoms with Gasteiger partial charge in [-0.2, -0.15) is 0 Å². The number of benzene rings is 2. The van der Waals surface area contributed by atoms with Crippen LogP contribution in [0.25, 0.3) is 6.08 Å². The lowest BCUT2D eigenvalue weighted by Crippen LogP contribution is -2.49. The van der Waals surface area contributed by atoms with Gasteiger partial charge in [0, 0.05) is 29.9 Å². The molecule has 2 fully saturated rings. The Balaban J connectivity index is 0.999. The molecule has 5 heterocycles. The molecular formula is C30H29N5O6S. The Hall–Kier alpha value is -4.26. The van der Waals surface area contributed by atoms with Gasteiger partial charge < -0.3 is 40.0 Å². The lowest BCUT2D eigenvalue weighted by atomic mass is 10.1. The van der Waals surface area contributed by atoms with Crippen LogP contribution in [0.4, 0.5) is 0 Å². The standard InChI is InChI=1S/C30H29N5O6S/c36-27(16-33-28(37)18-5-6-24-26(12-18)42-25-4-2-1-3-23(25)41-24)35-17-30(39-9-10-40-30)13-22(35)29(38)32-15-20-11-19-14-31-8-7-21(19)34-20/h1-8,11-12,22,31,34H,9-10,13-17H2,(H,32,38)(H,33,37)/t22-/m0/s1. The third-order valence-corrected chi connectivity index (χ3v) is 8.82. The molecule has 12 heteroatoms. The number of likely N-dealkylation sites (tertiary alicyclic amines) is 1. The maximum atomic E-state index is 13.4. The summed E-state index contributed by atoms with van der Waals surface area (Å²) in [7, 11) is 0. The Bertz CT molecular complexity index is 1600. The summed E-state index contributed by atoms with van der Waals surface area (Å²) in [4.78, 5) is 46.3. The fraction of sp³-hybridized carbons (Fsp3) is 0.300. The SMILES string of the molecule is O=C(NCC(=O)N1CC2(C[C@H]1C(=O)NCc1cc3c([nH]1)C=CNC3)OCCO2)c1ccc2c(c1)Sc1ccccc1O2. The lowest BCUT2D eigenvalue weighted by molar-refractivity contribution is -0.152. The largest absolute Gasteiger partial charge is 0.455 e. The molecule has 0 unspecified atom stereocenters. The summed E-state index contributed by atoms with van der Waals surface area (Å²) >= 11 is 1.52. The number of H-pyrrole nitrogens is 1. The van der Waals surface area contributed by atoms with Crippen molar-refractivity contribution < 1.29 is 28.6 Å². The zero-order chi connectivity index (χ0) is 28.7. The number of amides is 3. The third kappa shape index (κ3) is 5.13. The van der Waals surface area contributed by atoms with E-state index in [1.165, 1.54) is 16.7 Å². The van der Waals surface area contributed by atoms with Gasteiger partial charge in [-0.05, 0) is 54.2 Å². The summed E-state index contributed by atoms with van der Waals surface area (Å²) in [5.74, 6) is -0.666. The molecule has 11 nitrogen and oxygen atoms in total. The van der Waals surface area contributed by atoms with Crippen LogP contribution in [0.3, 0.4) is 0 Å². The second kappa shape index (κ2) is 10.9. The third-order valence-electron chi connectivity index (χ3n) is 7.73. The first-order valence-corrected chi connectivity index (χ1v) is 14.6. The molecule has 216 valence electrons. The summed E-state index contributed by atoms with van der Waals surface area (Å²) in [6, 6.07) is 14.1. The first-order chi connectivity index (χ1) is 20.5. The molecule has 4 N–H and O–H groups in total. The maximum Gasteiger partial charge on any atom is 0.251 e. The molecule has 4 aliphatic heterocycles. The normalized spacial score (nSPS) is 19.3. The maximum absolute atomic E-state index is 13.4. The quantitative estimate of drug-likeness (QED) is 0.271. The average molecular weight is 588 g/mol. The molecule has 2 aromatic carbocycles. The minimum Gasteiger partial charge on any atom is -0.455 e. The smallest absolute Gasteiger partial charge is 0.251 e. The number of ether oxygens (including phenoxy) is 3. The highest BCUT2D eigenvalue weighted by Crippen LogP contribution is 2.47. The van der Waals surface area contributed by atoms with Crippen molar-refractivity contribution in [2.24, 2.45) is 0 Å². The molecule has 0 radical (unpaired) electrons. The molecule has 4 aliphatic rings. The fourth-order valence-electron chi connectivity index (χ4n) is 5.65. The predicted octanol–water partition coefficient (Wildman–Crippen LogP) is 2.74. The molecule has 2 saturated heterocycles. The Morgan fingerprint density at radius 2 is 1.86 bits per heavy atom. The van der Waals surface area contributed by atoms with E-state index in [1.807, 2.05) is 42.6 Å². The Morgan fingerprint density at radius 3 is 2.71 bits per heavy atom. The van der Waals surface area contributed by atoms with Crippen LogP contribution in [-0.2, 0) is 32.2 Å². The van der Waals surface area contributed by atoms with Crippen LogP contribution in [0.5, 0.6) is 11.5 Å². The van der Waals surface area contributed by atoms with Crippen molar-refractivity contribution in [3.8, 4) is 11.5 Å². The summed E-state index contributed by atoms with van der Waals surface area (Å²) < 4.78 is 17.6. The summed E-state index contributed by atoms with van der Waals surface area (Å²) in [5.41, 5.74) is 3.40. The highest BCUT2D eigenvalue weighted by Gasteiger charge is 2.52. The van der Waals surface area contributed by atoms with Crippen molar-refractivity contribution >= 4 is 35.6 Å². The van der Waals surface area contributed by atoms with Crippen molar-refractivity contribution in [3.05, 3.63) is 77.2 Å². The molecule has 1 atom stereocenters. The van der Waals surface area contributed by atoms with Gasteiger partial charge in [-0.1, -0.05) is 23.9 Å². The molecule has 0 aliphatic carbocycles. The van der Waals surface area contributed by atoms with Gasteiger partial charge in [0.05, 0.1) is 42.6 Å². The van der Waals surface area contributed by atoms with E-state index in [2.05, 4.69) is 20.9 Å². The number of aromatic amines is 1. The summed E-state index contributed by atoms with van der Waals surface area (Å²) in [6.45, 7) is 1.63. The van der Waals surface area contributed by atoms with Crippen LogP contribution in [0.15, 0.2) is 64.5 Å². The first-order valence-electron chi connectivity index (χ1n) is 13.8. The van der Waals surface area contributed by atoms with Gasteiger partial charge in [0.25, 0.3) is 5.91 Å². The Kier molecular flexibility index (Phi) is 6.88. The van der Waals surface area contributed by atoms with Crippen LogP contribution in [0.2, 0.25) is 0 Å². The molecule has 7 rings (SSSR count). The first kappa shape index (κ1) is 26.6. The van der Waals surface area contributed by atoms with Gasteiger partial charge in [0.2, 0.25) is 11.8 Å². The van der Waals surface area contributed by atoms with Gasteiger partial charge in [-0.3, -0.25) is 14.4 Å². The molecule has 0 saturated carbocycles. The number of carbonyl (C=O) groups excluding carboxylic acids is 3. The van der Waals surface area contributed by atoms with Crippen molar-refractivity contribution in [1.29, 1.82) is 0 Å². The van der Waals surface area contributed by atoms with Crippen molar-refractivity contribution in [3.63, 3.8) is 0 Å². The molecule has 1 spiro atoms. The van der Waals surface area contributed by atoms with E-state index in [9.17, 15) is 14.4 Å². The van der Waals surface area contributed by atoms with Gasteiger partial charge in [0.1, 0.15) is 17.5 Å². The monoisotopic (exact) mass is 587 g/mol. The zero-order valence-corrected chi connectivity index (χ0v) is 23.4. The summed E-state index contributed by atoms with van der Waals surface area (Å²) in [6.07, 6.45) is 4.04. The van der Waals surface area contributed by atoms with E-state index < -0.39 is 23.6 Å². The van der Waals surface area contributed by atoms with Crippen LogP contribution >= 0.6 is 11.8 Å². The van der Waals surface area contributed by atoms with E-state index in [-0.39, 0.29) is 32.0 Å². The van der Waals surface area contributed by atoms with Crippen molar-refractivity contribution in [2.75, 3.05) is 26.3 Å².